The molecule has 6 heteroatoms. The lowest BCUT2D eigenvalue weighted by Crippen LogP contribution is -2.33. The Balaban J connectivity index is 2.76. The average Bonchev–Trinajstić information content (AvgIpc) is 2.42. The molecule has 1 rings (SSSR count). The number of nitriles is 1. The minimum Gasteiger partial charge on any atom is -0.399 e. The SMILES string of the molecule is CCCCCCC(C)NS(=O)(=O)c1ccc(N)cc1C#N. The summed E-state index contributed by atoms with van der Waals surface area (Å²) >= 11 is 0. The predicted molar refractivity (Wildman–Crippen MR) is 84.1 cm³/mol. The van der Waals surface area contributed by atoms with E-state index in [0.717, 1.165) is 32.1 Å². The van der Waals surface area contributed by atoms with Gasteiger partial charge in [0.2, 0.25) is 10.0 Å². The van der Waals surface area contributed by atoms with Crippen LogP contribution in [0.4, 0.5) is 5.69 Å². The Bertz CT molecular complexity index is 606. The molecule has 116 valence electrons. The highest BCUT2D eigenvalue weighted by Crippen LogP contribution is 2.19. The van der Waals surface area contributed by atoms with Gasteiger partial charge in [-0.25, -0.2) is 13.1 Å². The molecule has 0 spiro atoms. The van der Waals surface area contributed by atoms with Gasteiger partial charge in [-0.3, -0.25) is 0 Å². The van der Waals surface area contributed by atoms with Crippen LogP contribution in [0.1, 0.15) is 51.5 Å². The van der Waals surface area contributed by atoms with E-state index in [1.807, 2.05) is 13.0 Å². The summed E-state index contributed by atoms with van der Waals surface area (Å²) in [6, 6.07) is 5.96. The molecule has 0 aromatic heterocycles. The van der Waals surface area contributed by atoms with E-state index in [1.54, 1.807) is 0 Å². The van der Waals surface area contributed by atoms with Crippen molar-refractivity contribution in [3.8, 4) is 6.07 Å². The summed E-state index contributed by atoms with van der Waals surface area (Å²) < 4.78 is 27.3. The standard InChI is InChI=1S/C15H23N3O2S/c1-3-4-5-6-7-12(2)18-21(19,20)15-9-8-14(17)10-13(15)11-16/h8-10,12,18H,3-7,17H2,1-2H3. The zero-order valence-electron chi connectivity index (χ0n) is 12.6. The van der Waals surface area contributed by atoms with Crippen molar-refractivity contribution >= 4 is 15.7 Å². The summed E-state index contributed by atoms with van der Waals surface area (Å²) in [6.07, 6.45) is 5.20. The van der Waals surface area contributed by atoms with E-state index in [9.17, 15) is 8.42 Å². The molecule has 0 amide bonds. The molecule has 1 unspecified atom stereocenters. The van der Waals surface area contributed by atoms with Gasteiger partial charge >= 0.3 is 0 Å². The van der Waals surface area contributed by atoms with Gasteiger partial charge in [0.25, 0.3) is 0 Å². The Morgan fingerprint density at radius 1 is 1.33 bits per heavy atom. The number of rotatable bonds is 8. The first kappa shape index (κ1) is 17.5. The Hall–Kier alpha value is -1.58. The third kappa shape index (κ3) is 5.37. The van der Waals surface area contributed by atoms with E-state index in [4.69, 9.17) is 11.0 Å². The van der Waals surface area contributed by atoms with Gasteiger partial charge in [0.05, 0.1) is 10.5 Å². The van der Waals surface area contributed by atoms with Crippen molar-refractivity contribution in [2.45, 2.75) is 56.9 Å². The quantitative estimate of drug-likeness (QED) is 0.570. The van der Waals surface area contributed by atoms with Crippen LogP contribution in [0.25, 0.3) is 0 Å². The van der Waals surface area contributed by atoms with Gasteiger partial charge in [-0.1, -0.05) is 32.6 Å². The van der Waals surface area contributed by atoms with Gasteiger partial charge in [-0.2, -0.15) is 5.26 Å². The van der Waals surface area contributed by atoms with E-state index < -0.39 is 10.0 Å². The molecule has 0 heterocycles. The van der Waals surface area contributed by atoms with Crippen LogP contribution in [0.3, 0.4) is 0 Å². The summed E-state index contributed by atoms with van der Waals surface area (Å²) in [5.41, 5.74) is 6.02. The van der Waals surface area contributed by atoms with Gasteiger partial charge in [-0.15, -0.1) is 0 Å². The highest BCUT2D eigenvalue weighted by Gasteiger charge is 2.20. The first-order chi connectivity index (χ1) is 9.90. The van der Waals surface area contributed by atoms with Crippen LogP contribution < -0.4 is 10.5 Å². The molecular formula is C15H23N3O2S. The van der Waals surface area contributed by atoms with Gasteiger partial charge < -0.3 is 5.73 Å². The monoisotopic (exact) mass is 309 g/mol. The molecule has 0 saturated carbocycles. The summed E-state index contributed by atoms with van der Waals surface area (Å²) in [4.78, 5) is -0.0143. The predicted octanol–water partition coefficient (Wildman–Crippen LogP) is 2.78. The van der Waals surface area contributed by atoms with E-state index in [-0.39, 0.29) is 16.5 Å². The number of nitrogens with zero attached hydrogens (tertiary/aromatic N) is 1. The maximum Gasteiger partial charge on any atom is 0.242 e. The molecule has 5 nitrogen and oxygen atoms in total. The number of unbranched alkanes of at least 4 members (excludes halogenated alkanes) is 3. The van der Waals surface area contributed by atoms with E-state index in [0.29, 0.717) is 5.69 Å². The highest BCUT2D eigenvalue weighted by atomic mass is 32.2. The maximum atomic E-state index is 12.3. The fourth-order valence-corrected chi connectivity index (χ4v) is 3.55. The molecule has 1 aromatic carbocycles. The lowest BCUT2D eigenvalue weighted by molar-refractivity contribution is 0.522. The van der Waals surface area contributed by atoms with Crippen molar-refractivity contribution in [1.82, 2.24) is 4.72 Å². The summed E-state index contributed by atoms with van der Waals surface area (Å²) in [6.45, 7) is 3.98. The van der Waals surface area contributed by atoms with E-state index >= 15 is 0 Å². The summed E-state index contributed by atoms with van der Waals surface area (Å²) in [5, 5.41) is 9.04. The summed E-state index contributed by atoms with van der Waals surface area (Å²) in [5.74, 6) is 0. The number of hydrogen-bond acceptors (Lipinski definition) is 4. The van der Waals surface area contributed by atoms with Crippen LogP contribution in [0.5, 0.6) is 0 Å². The first-order valence-electron chi connectivity index (χ1n) is 7.22. The molecular weight excluding hydrogens is 286 g/mol. The second-order valence-corrected chi connectivity index (χ2v) is 6.92. The number of anilines is 1. The highest BCUT2D eigenvalue weighted by molar-refractivity contribution is 7.89. The van der Waals surface area contributed by atoms with Gasteiger partial charge in [-0.05, 0) is 31.5 Å². The minimum atomic E-state index is -3.69. The number of benzene rings is 1. The molecule has 0 bridgehead atoms. The Morgan fingerprint density at radius 3 is 2.67 bits per heavy atom. The molecule has 21 heavy (non-hydrogen) atoms. The largest absolute Gasteiger partial charge is 0.399 e. The fourth-order valence-electron chi connectivity index (χ4n) is 2.13. The molecule has 0 radical (unpaired) electrons. The first-order valence-corrected chi connectivity index (χ1v) is 8.71. The second kappa shape index (κ2) is 8.01. The van der Waals surface area contributed by atoms with Crippen molar-refractivity contribution in [3.63, 3.8) is 0 Å². The number of nitrogens with one attached hydrogen (secondary N) is 1. The fraction of sp³-hybridized carbons (Fsp3) is 0.533. The normalized spacial score (nSPS) is 12.8. The van der Waals surface area contributed by atoms with Crippen molar-refractivity contribution in [3.05, 3.63) is 23.8 Å². The number of nitrogens with two attached hydrogens (primary N) is 1. The zero-order chi connectivity index (χ0) is 15.9. The second-order valence-electron chi connectivity index (χ2n) is 5.24. The van der Waals surface area contributed by atoms with Crippen LogP contribution >= 0.6 is 0 Å². The summed E-state index contributed by atoms with van der Waals surface area (Å²) in [7, 11) is -3.69. The van der Waals surface area contributed by atoms with E-state index in [1.165, 1.54) is 18.2 Å². The lowest BCUT2D eigenvalue weighted by Gasteiger charge is -2.15. The van der Waals surface area contributed by atoms with Crippen LogP contribution in [0, 0.1) is 11.3 Å². The topological polar surface area (TPSA) is 96.0 Å². The number of sulfonamides is 1. The third-order valence-corrected chi connectivity index (χ3v) is 4.91. The van der Waals surface area contributed by atoms with Crippen molar-refractivity contribution < 1.29 is 8.42 Å². The van der Waals surface area contributed by atoms with Crippen LogP contribution in [-0.2, 0) is 10.0 Å². The molecule has 3 N–H and O–H groups in total. The molecule has 1 aromatic rings. The van der Waals surface area contributed by atoms with Crippen molar-refractivity contribution in [1.29, 1.82) is 5.26 Å². The average molecular weight is 309 g/mol. The zero-order valence-corrected chi connectivity index (χ0v) is 13.4. The molecule has 0 aliphatic heterocycles. The molecule has 0 aliphatic carbocycles. The van der Waals surface area contributed by atoms with Crippen molar-refractivity contribution in [2.24, 2.45) is 0 Å². The lowest BCUT2D eigenvalue weighted by atomic mass is 10.1. The van der Waals surface area contributed by atoms with Gasteiger partial charge in [0.15, 0.2) is 0 Å². The van der Waals surface area contributed by atoms with Crippen molar-refractivity contribution in [2.75, 3.05) is 5.73 Å². The Morgan fingerprint density at radius 2 is 2.05 bits per heavy atom. The number of nitrogen functional groups attached to an aromatic ring is 1. The Labute approximate surface area is 127 Å². The maximum absolute atomic E-state index is 12.3. The number of hydrogen-bond donors (Lipinski definition) is 2. The van der Waals surface area contributed by atoms with Crippen LogP contribution in [0.2, 0.25) is 0 Å². The Kier molecular flexibility index (Phi) is 6.66. The van der Waals surface area contributed by atoms with Crippen LogP contribution in [0.15, 0.2) is 23.1 Å². The third-order valence-electron chi connectivity index (χ3n) is 3.26. The van der Waals surface area contributed by atoms with Gasteiger partial charge in [0.1, 0.15) is 6.07 Å². The molecule has 1 atom stereocenters. The van der Waals surface area contributed by atoms with Gasteiger partial charge in [0, 0.05) is 11.7 Å². The molecule has 0 aliphatic rings. The van der Waals surface area contributed by atoms with E-state index in [2.05, 4.69) is 11.6 Å². The molecule has 0 saturated heterocycles. The smallest absolute Gasteiger partial charge is 0.242 e. The minimum absolute atomic E-state index is 0.0143. The van der Waals surface area contributed by atoms with Crippen LogP contribution in [-0.4, -0.2) is 14.5 Å². The molecule has 0 fully saturated rings.